The number of amides is 2. The van der Waals surface area contributed by atoms with Gasteiger partial charge in [-0.1, -0.05) is 39.0 Å². The third-order valence-electron chi connectivity index (χ3n) is 4.52. The summed E-state index contributed by atoms with van der Waals surface area (Å²) in [5, 5.41) is 3.08. The number of benzene rings is 1. The number of hydrogen-bond donors (Lipinski definition) is 1. The van der Waals surface area contributed by atoms with E-state index in [1.54, 1.807) is 0 Å². The molecule has 1 N–H and O–H groups in total. The standard InChI is InChI=1S/C18H27N3O/c1-18(2,3)15-6-4-5-7-16(15)20-10-12-21(13-11-20)17(22)19-14-8-9-14/h4-7,14H,8-13H2,1-3H3,(H,19,22). The maximum absolute atomic E-state index is 12.1. The van der Waals surface area contributed by atoms with Crippen LogP contribution in [0, 0.1) is 0 Å². The second kappa shape index (κ2) is 5.82. The Morgan fingerprint density at radius 1 is 1.09 bits per heavy atom. The molecule has 1 aromatic rings. The van der Waals surface area contributed by atoms with Crippen molar-refractivity contribution in [2.45, 2.75) is 45.1 Å². The smallest absolute Gasteiger partial charge is 0.317 e. The van der Waals surface area contributed by atoms with Crippen molar-refractivity contribution in [1.29, 1.82) is 0 Å². The number of nitrogens with zero attached hydrogens (tertiary/aromatic N) is 2. The average Bonchev–Trinajstić information content (AvgIpc) is 3.30. The van der Waals surface area contributed by atoms with Crippen LogP contribution in [0.2, 0.25) is 0 Å². The first-order chi connectivity index (χ1) is 10.4. The van der Waals surface area contributed by atoms with Crippen LogP contribution in [-0.4, -0.2) is 43.2 Å². The lowest BCUT2D eigenvalue weighted by molar-refractivity contribution is 0.194. The molecule has 4 heteroatoms. The minimum absolute atomic E-state index is 0.117. The fraction of sp³-hybridized carbons (Fsp3) is 0.611. The molecular weight excluding hydrogens is 274 g/mol. The molecule has 2 aliphatic rings. The maximum atomic E-state index is 12.1. The molecule has 0 atom stereocenters. The molecule has 1 aliphatic carbocycles. The number of nitrogens with one attached hydrogen (secondary N) is 1. The van der Waals surface area contributed by atoms with Gasteiger partial charge in [0.15, 0.2) is 0 Å². The molecule has 3 rings (SSSR count). The number of anilines is 1. The molecule has 0 bridgehead atoms. The van der Waals surface area contributed by atoms with Crippen LogP contribution in [0.3, 0.4) is 0 Å². The van der Waals surface area contributed by atoms with E-state index in [-0.39, 0.29) is 11.4 Å². The van der Waals surface area contributed by atoms with E-state index in [1.165, 1.54) is 11.3 Å². The van der Waals surface area contributed by atoms with Gasteiger partial charge in [-0.25, -0.2) is 4.79 Å². The largest absolute Gasteiger partial charge is 0.368 e. The van der Waals surface area contributed by atoms with Crippen molar-refractivity contribution in [3.05, 3.63) is 29.8 Å². The van der Waals surface area contributed by atoms with Crippen molar-refractivity contribution >= 4 is 11.7 Å². The van der Waals surface area contributed by atoms with Crippen molar-refractivity contribution < 1.29 is 4.79 Å². The van der Waals surface area contributed by atoms with Crippen LogP contribution in [-0.2, 0) is 5.41 Å². The van der Waals surface area contributed by atoms with Crippen LogP contribution >= 0.6 is 0 Å². The lowest BCUT2D eigenvalue weighted by Gasteiger charge is -2.38. The summed E-state index contributed by atoms with van der Waals surface area (Å²) in [6.07, 6.45) is 2.29. The summed E-state index contributed by atoms with van der Waals surface area (Å²) < 4.78 is 0. The van der Waals surface area contributed by atoms with E-state index in [9.17, 15) is 4.79 Å². The number of urea groups is 1. The molecule has 1 saturated heterocycles. The number of rotatable bonds is 2. The number of piperazine rings is 1. The summed E-state index contributed by atoms with van der Waals surface area (Å²) >= 11 is 0. The molecule has 2 fully saturated rings. The van der Waals surface area contributed by atoms with Gasteiger partial charge in [-0.15, -0.1) is 0 Å². The lowest BCUT2D eigenvalue weighted by Crippen LogP contribution is -2.52. The second-order valence-electron chi connectivity index (χ2n) is 7.47. The zero-order valence-electron chi connectivity index (χ0n) is 13.9. The molecule has 120 valence electrons. The monoisotopic (exact) mass is 301 g/mol. The molecular formula is C18H27N3O. The Bertz CT molecular complexity index is 538. The predicted molar refractivity (Wildman–Crippen MR) is 90.5 cm³/mol. The van der Waals surface area contributed by atoms with Gasteiger partial charge in [0.25, 0.3) is 0 Å². The van der Waals surface area contributed by atoms with Gasteiger partial charge in [0.05, 0.1) is 0 Å². The van der Waals surface area contributed by atoms with Crippen LogP contribution < -0.4 is 10.2 Å². The minimum Gasteiger partial charge on any atom is -0.368 e. The second-order valence-corrected chi connectivity index (χ2v) is 7.47. The Labute approximate surface area is 133 Å². The highest BCUT2D eigenvalue weighted by Crippen LogP contribution is 2.32. The molecule has 1 heterocycles. The number of para-hydroxylation sites is 1. The molecule has 1 aliphatic heterocycles. The summed E-state index contributed by atoms with van der Waals surface area (Å²) in [5.74, 6) is 0. The van der Waals surface area contributed by atoms with E-state index in [0.29, 0.717) is 6.04 Å². The summed E-state index contributed by atoms with van der Waals surface area (Å²) in [7, 11) is 0. The molecule has 0 radical (unpaired) electrons. The highest BCUT2D eigenvalue weighted by atomic mass is 16.2. The number of carbonyl (C=O) groups is 1. The van der Waals surface area contributed by atoms with Gasteiger partial charge >= 0.3 is 6.03 Å². The van der Waals surface area contributed by atoms with Crippen LogP contribution in [0.25, 0.3) is 0 Å². The van der Waals surface area contributed by atoms with Crippen LogP contribution in [0.1, 0.15) is 39.2 Å². The van der Waals surface area contributed by atoms with E-state index in [2.05, 4.69) is 55.3 Å². The van der Waals surface area contributed by atoms with Crippen LogP contribution in [0.15, 0.2) is 24.3 Å². The zero-order valence-corrected chi connectivity index (χ0v) is 13.9. The molecule has 1 aromatic carbocycles. The maximum Gasteiger partial charge on any atom is 0.317 e. The summed E-state index contributed by atoms with van der Waals surface area (Å²) in [4.78, 5) is 16.5. The molecule has 22 heavy (non-hydrogen) atoms. The summed E-state index contributed by atoms with van der Waals surface area (Å²) in [6, 6.07) is 9.21. The number of hydrogen-bond acceptors (Lipinski definition) is 2. The normalized spacial score (nSPS) is 19.2. The van der Waals surface area contributed by atoms with E-state index in [4.69, 9.17) is 0 Å². The van der Waals surface area contributed by atoms with Gasteiger partial charge in [-0.3, -0.25) is 0 Å². The quantitative estimate of drug-likeness (QED) is 0.911. The zero-order chi connectivity index (χ0) is 15.7. The van der Waals surface area contributed by atoms with Gasteiger partial charge in [-0.05, 0) is 29.9 Å². The molecule has 1 saturated carbocycles. The fourth-order valence-corrected chi connectivity index (χ4v) is 3.03. The molecule has 0 unspecified atom stereocenters. The van der Waals surface area contributed by atoms with Gasteiger partial charge < -0.3 is 15.1 Å². The van der Waals surface area contributed by atoms with Gasteiger partial charge in [0, 0.05) is 37.9 Å². The third-order valence-corrected chi connectivity index (χ3v) is 4.52. The highest BCUT2D eigenvalue weighted by molar-refractivity contribution is 5.75. The van der Waals surface area contributed by atoms with Gasteiger partial charge in [-0.2, -0.15) is 0 Å². The van der Waals surface area contributed by atoms with Crippen molar-refractivity contribution in [3.63, 3.8) is 0 Å². The van der Waals surface area contributed by atoms with Crippen molar-refractivity contribution in [2.75, 3.05) is 31.1 Å². The Hall–Kier alpha value is -1.71. The molecule has 0 spiro atoms. The van der Waals surface area contributed by atoms with E-state index < -0.39 is 0 Å². The van der Waals surface area contributed by atoms with Crippen molar-refractivity contribution in [2.24, 2.45) is 0 Å². The van der Waals surface area contributed by atoms with Gasteiger partial charge in [0.2, 0.25) is 0 Å². The van der Waals surface area contributed by atoms with Crippen molar-refractivity contribution in [1.82, 2.24) is 10.2 Å². The van der Waals surface area contributed by atoms with E-state index in [0.717, 1.165) is 39.0 Å². The Morgan fingerprint density at radius 2 is 1.73 bits per heavy atom. The Morgan fingerprint density at radius 3 is 2.32 bits per heavy atom. The summed E-state index contributed by atoms with van der Waals surface area (Å²) in [5.41, 5.74) is 2.83. The van der Waals surface area contributed by atoms with Crippen LogP contribution in [0.4, 0.5) is 10.5 Å². The predicted octanol–water partition coefficient (Wildman–Crippen LogP) is 2.98. The third kappa shape index (κ3) is 3.37. The minimum atomic E-state index is 0.117. The topological polar surface area (TPSA) is 35.6 Å². The highest BCUT2D eigenvalue weighted by Gasteiger charge is 2.29. The molecule has 2 amide bonds. The fourth-order valence-electron chi connectivity index (χ4n) is 3.03. The van der Waals surface area contributed by atoms with Gasteiger partial charge in [0.1, 0.15) is 0 Å². The van der Waals surface area contributed by atoms with E-state index >= 15 is 0 Å². The summed E-state index contributed by atoms with van der Waals surface area (Å²) in [6.45, 7) is 10.2. The Kier molecular flexibility index (Phi) is 4.02. The lowest BCUT2D eigenvalue weighted by atomic mass is 9.85. The van der Waals surface area contributed by atoms with Crippen LogP contribution in [0.5, 0.6) is 0 Å². The SMILES string of the molecule is CC(C)(C)c1ccccc1N1CCN(C(=O)NC2CC2)CC1. The van der Waals surface area contributed by atoms with E-state index in [1.807, 2.05) is 4.90 Å². The first-order valence-corrected chi connectivity index (χ1v) is 8.35. The number of carbonyl (C=O) groups excluding carboxylic acids is 1. The average molecular weight is 301 g/mol. The first kappa shape index (κ1) is 15.2. The van der Waals surface area contributed by atoms with Crippen molar-refractivity contribution in [3.8, 4) is 0 Å². The molecule has 0 aromatic heterocycles. The Balaban J connectivity index is 1.65. The molecule has 4 nitrogen and oxygen atoms in total. The first-order valence-electron chi connectivity index (χ1n) is 8.35.